The van der Waals surface area contributed by atoms with Gasteiger partial charge in [-0.3, -0.25) is 4.79 Å². The molecule has 144 valence electrons. The maximum Gasteiger partial charge on any atom is 0.258 e. The van der Waals surface area contributed by atoms with Gasteiger partial charge in [0.15, 0.2) is 0 Å². The number of aryl methyl sites for hydroxylation is 2. The van der Waals surface area contributed by atoms with Crippen molar-refractivity contribution in [3.8, 4) is 5.75 Å². The van der Waals surface area contributed by atoms with Gasteiger partial charge in [0, 0.05) is 12.6 Å². The molecule has 2 aromatic carbocycles. The first-order valence-corrected chi connectivity index (χ1v) is 9.89. The highest BCUT2D eigenvalue weighted by Gasteiger charge is 2.21. The summed E-state index contributed by atoms with van der Waals surface area (Å²) in [4.78, 5) is 14.8. The molecule has 0 saturated heterocycles. The van der Waals surface area contributed by atoms with Crippen LogP contribution in [0.4, 0.5) is 5.69 Å². The van der Waals surface area contributed by atoms with Crippen molar-refractivity contribution in [2.45, 2.75) is 58.3 Å². The molecule has 0 radical (unpaired) electrons. The van der Waals surface area contributed by atoms with Crippen LogP contribution in [0.5, 0.6) is 5.75 Å². The minimum absolute atomic E-state index is 0.0117. The molecule has 0 unspecified atom stereocenters. The maximum absolute atomic E-state index is 13.1. The number of benzene rings is 2. The van der Waals surface area contributed by atoms with Crippen LogP contribution in [0.25, 0.3) is 0 Å². The third kappa shape index (κ3) is 4.18. The second-order valence-electron chi connectivity index (χ2n) is 8.54. The molecule has 0 bridgehead atoms. The Labute approximate surface area is 163 Å². The van der Waals surface area contributed by atoms with Crippen LogP contribution in [0.15, 0.2) is 36.4 Å². The van der Waals surface area contributed by atoms with Gasteiger partial charge in [-0.25, -0.2) is 0 Å². The number of hydrogen-bond acceptors (Lipinski definition) is 2. The molecule has 1 amide bonds. The summed E-state index contributed by atoms with van der Waals surface area (Å²) >= 11 is 0. The molecule has 0 spiro atoms. The second-order valence-corrected chi connectivity index (χ2v) is 8.54. The molecule has 0 N–H and O–H groups in total. The van der Waals surface area contributed by atoms with Crippen molar-refractivity contribution in [1.29, 1.82) is 0 Å². The monoisotopic (exact) mass is 365 g/mol. The van der Waals surface area contributed by atoms with Gasteiger partial charge in [0.25, 0.3) is 5.91 Å². The Balaban J connectivity index is 1.91. The predicted octanol–water partition coefficient (Wildman–Crippen LogP) is 5.54. The summed E-state index contributed by atoms with van der Waals surface area (Å²) in [5, 5.41) is 0. The highest BCUT2D eigenvalue weighted by atomic mass is 16.5. The highest BCUT2D eigenvalue weighted by Crippen LogP contribution is 2.35. The van der Waals surface area contributed by atoms with E-state index in [2.05, 4.69) is 45.0 Å². The van der Waals surface area contributed by atoms with Gasteiger partial charge < -0.3 is 9.64 Å². The summed E-state index contributed by atoms with van der Waals surface area (Å²) in [6, 6.07) is 12.2. The molecule has 0 aromatic heterocycles. The second kappa shape index (κ2) is 7.75. The van der Waals surface area contributed by atoms with Crippen LogP contribution in [-0.4, -0.2) is 20.1 Å². The van der Waals surface area contributed by atoms with Gasteiger partial charge in [-0.2, -0.15) is 0 Å². The first-order valence-electron chi connectivity index (χ1n) is 9.89. The Kier molecular flexibility index (Phi) is 5.59. The van der Waals surface area contributed by atoms with Crippen molar-refractivity contribution in [1.82, 2.24) is 0 Å². The lowest BCUT2D eigenvalue weighted by atomic mass is 9.86. The Morgan fingerprint density at radius 2 is 1.56 bits per heavy atom. The third-order valence-corrected chi connectivity index (χ3v) is 5.56. The maximum atomic E-state index is 13.1. The quantitative estimate of drug-likeness (QED) is 0.669. The van der Waals surface area contributed by atoms with Crippen molar-refractivity contribution >= 4 is 11.6 Å². The molecule has 1 aliphatic rings. The van der Waals surface area contributed by atoms with E-state index in [1.807, 2.05) is 19.2 Å². The molecule has 0 fully saturated rings. The van der Waals surface area contributed by atoms with Crippen molar-refractivity contribution in [3.05, 3.63) is 58.7 Å². The Bertz CT molecular complexity index is 816. The molecule has 27 heavy (non-hydrogen) atoms. The zero-order valence-electron chi connectivity index (χ0n) is 17.3. The summed E-state index contributed by atoms with van der Waals surface area (Å²) in [5.41, 5.74) is 5.57. The lowest BCUT2D eigenvalue weighted by molar-refractivity contribution is 0.0992. The fourth-order valence-electron chi connectivity index (χ4n) is 3.77. The van der Waals surface area contributed by atoms with Crippen LogP contribution in [0.2, 0.25) is 0 Å². The van der Waals surface area contributed by atoms with Gasteiger partial charge in [0.1, 0.15) is 5.75 Å². The number of methoxy groups -OCH3 is 1. The molecule has 1 aliphatic carbocycles. The molecular formula is C24H31NO2. The Morgan fingerprint density at radius 1 is 0.963 bits per heavy atom. The average Bonchev–Trinajstić information content (AvgIpc) is 2.89. The number of rotatable bonds is 3. The molecule has 3 heteroatoms. The van der Waals surface area contributed by atoms with Gasteiger partial charge in [0.2, 0.25) is 0 Å². The largest absolute Gasteiger partial charge is 0.495 e. The van der Waals surface area contributed by atoms with Gasteiger partial charge in [-0.15, -0.1) is 0 Å². The van der Waals surface area contributed by atoms with E-state index in [0.717, 1.165) is 24.3 Å². The van der Waals surface area contributed by atoms with Crippen LogP contribution in [0, 0.1) is 0 Å². The van der Waals surface area contributed by atoms with E-state index in [9.17, 15) is 4.79 Å². The minimum Gasteiger partial charge on any atom is -0.495 e. The first-order chi connectivity index (χ1) is 12.8. The van der Waals surface area contributed by atoms with Crippen LogP contribution in [0.1, 0.15) is 67.1 Å². The number of carbonyl (C=O) groups excluding carboxylic acids is 1. The normalized spacial score (nSPS) is 14.3. The van der Waals surface area contributed by atoms with Gasteiger partial charge >= 0.3 is 0 Å². The molecule has 3 nitrogen and oxygen atoms in total. The molecule has 0 aliphatic heterocycles. The lowest BCUT2D eigenvalue weighted by Crippen LogP contribution is -2.27. The van der Waals surface area contributed by atoms with E-state index in [1.54, 1.807) is 12.0 Å². The lowest BCUT2D eigenvalue weighted by Gasteiger charge is -2.23. The SMILES string of the molecule is COc1cc2c(cc1N(C)C(=O)c1ccc(C(C)(C)C)cc1)CCCCC2. The summed E-state index contributed by atoms with van der Waals surface area (Å²) in [5.74, 6) is 0.764. The smallest absolute Gasteiger partial charge is 0.258 e. The predicted molar refractivity (Wildman–Crippen MR) is 112 cm³/mol. The molecule has 0 saturated carbocycles. The van der Waals surface area contributed by atoms with E-state index in [1.165, 1.54) is 36.0 Å². The van der Waals surface area contributed by atoms with E-state index in [-0.39, 0.29) is 11.3 Å². The van der Waals surface area contributed by atoms with Gasteiger partial charge in [0.05, 0.1) is 12.8 Å². The summed E-state index contributed by atoms with van der Waals surface area (Å²) in [6.07, 6.45) is 5.88. The minimum atomic E-state index is -0.0117. The average molecular weight is 366 g/mol. The molecular weight excluding hydrogens is 334 g/mol. The number of carbonyl (C=O) groups is 1. The van der Waals surface area contributed by atoms with E-state index in [0.29, 0.717) is 5.56 Å². The molecule has 2 aromatic rings. The molecule has 0 atom stereocenters. The zero-order valence-corrected chi connectivity index (χ0v) is 17.3. The Hall–Kier alpha value is -2.29. The topological polar surface area (TPSA) is 29.5 Å². The zero-order chi connectivity index (χ0) is 19.6. The van der Waals surface area contributed by atoms with Gasteiger partial charge in [-0.1, -0.05) is 39.3 Å². The summed E-state index contributed by atoms with van der Waals surface area (Å²) in [7, 11) is 3.51. The van der Waals surface area contributed by atoms with Crippen LogP contribution in [-0.2, 0) is 18.3 Å². The number of hydrogen-bond donors (Lipinski definition) is 0. The Morgan fingerprint density at radius 3 is 2.11 bits per heavy atom. The van der Waals surface area contributed by atoms with Crippen molar-refractivity contribution in [3.63, 3.8) is 0 Å². The van der Waals surface area contributed by atoms with Crippen LogP contribution >= 0.6 is 0 Å². The fraction of sp³-hybridized carbons (Fsp3) is 0.458. The van der Waals surface area contributed by atoms with Crippen LogP contribution < -0.4 is 9.64 Å². The highest BCUT2D eigenvalue weighted by molar-refractivity contribution is 6.06. The number of amides is 1. The van der Waals surface area contributed by atoms with Crippen molar-refractivity contribution in [2.24, 2.45) is 0 Å². The van der Waals surface area contributed by atoms with Crippen molar-refractivity contribution in [2.75, 3.05) is 19.1 Å². The van der Waals surface area contributed by atoms with Crippen molar-refractivity contribution < 1.29 is 9.53 Å². The number of anilines is 1. The van der Waals surface area contributed by atoms with E-state index < -0.39 is 0 Å². The molecule has 0 heterocycles. The molecule has 3 rings (SSSR count). The van der Waals surface area contributed by atoms with E-state index >= 15 is 0 Å². The third-order valence-electron chi connectivity index (χ3n) is 5.56. The van der Waals surface area contributed by atoms with E-state index in [4.69, 9.17) is 4.74 Å². The number of fused-ring (bicyclic) bond motifs is 1. The first kappa shape index (κ1) is 19.5. The summed E-state index contributed by atoms with van der Waals surface area (Å²) in [6.45, 7) is 6.53. The standard InChI is InChI=1S/C24H31NO2/c1-24(2,3)20-13-11-17(12-14-20)23(26)25(4)21-15-18-9-7-6-8-10-19(18)16-22(21)27-5/h11-16H,6-10H2,1-5H3. The number of nitrogens with zero attached hydrogens (tertiary/aromatic N) is 1. The van der Waals surface area contributed by atoms with Crippen LogP contribution in [0.3, 0.4) is 0 Å². The number of ether oxygens (including phenoxy) is 1. The van der Waals surface area contributed by atoms with Gasteiger partial charge in [-0.05, 0) is 72.1 Å². The fourth-order valence-corrected chi connectivity index (χ4v) is 3.77. The summed E-state index contributed by atoms with van der Waals surface area (Å²) < 4.78 is 5.63.